The lowest BCUT2D eigenvalue weighted by Gasteiger charge is -2.21. The van der Waals surface area contributed by atoms with Gasteiger partial charge in [0.15, 0.2) is 5.43 Å². The molecular weight excluding hydrogens is 264 g/mol. The Kier molecular flexibility index (Phi) is 2.53. The quantitative estimate of drug-likeness (QED) is 0.824. The SMILES string of the molecule is Cc1cc(=O)c2c(o1)-c1c(cc(O)cc1C(=O)O)OC2. The molecule has 2 heterocycles. The molecule has 3 rings (SSSR count). The largest absolute Gasteiger partial charge is 0.508 e. The zero-order chi connectivity index (χ0) is 14.4. The fraction of sp³-hybridized carbons (Fsp3) is 0.143. The number of carbonyl (C=O) groups is 1. The van der Waals surface area contributed by atoms with Gasteiger partial charge in [0, 0.05) is 12.1 Å². The van der Waals surface area contributed by atoms with Gasteiger partial charge in [0.05, 0.1) is 16.7 Å². The third kappa shape index (κ3) is 1.73. The molecule has 0 unspecified atom stereocenters. The maximum absolute atomic E-state index is 11.9. The number of carboxylic acid groups (broad SMARTS) is 1. The number of carboxylic acids is 1. The average Bonchev–Trinajstić information content (AvgIpc) is 2.36. The van der Waals surface area contributed by atoms with E-state index in [9.17, 15) is 19.8 Å². The molecule has 1 aromatic heterocycles. The van der Waals surface area contributed by atoms with E-state index in [2.05, 4.69) is 0 Å². The highest BCUT2D eigenvalue weighted by atomic mass is 16.5. The number of ether oxygens (including phenoxy) is 1. The van der Waals surface area contributed by atoms with E-state index < -0.39 is 5.97 Å². The highest BCUT2D eigenvalue weighted by Gasteiger charge is 2.28. The predicted octanol–water partition coefficient (Wildman–Crippen LogP) is 1.91. The van der Waals surface area contributed by atoms with Crippen LogP contribution in [0.25, 0.3) is 11.3 Å². The summed E-state index contributed by atoms with van der Waals surface area (Å²) < 4.78 is 10.9. The van der Waals surface area contributed by atoms with Gasteiger partial charge in [0.2, 0.25) is 0 Å². The summed E-state index contributed by atoms with van der Waals surface area (Å²) in [4.78, 5) is 23.2. The Morgan fingerprint density at radius 3 is 2.75 bits per heavy atom. The van der Waals surface area contributed by atoms with E-state index in [1.165, 1.54) is 12.1 Å². The van der Waals surface area contributed by atoms with E-state index in [1.54, 1.807) is 6.92 Å². The highest BCUT2D eigenvalue weighted by Crippen LogP contribution is 2.41. The molecule has 6 heteroatoms. The van der Waals surface area contributed by atoms with Crippen molar-refractivity contribution < 1.29 is 24.2 Å². The molecule has 102 valence electrons. The van der Waals surface area contributed by atoms with Crippen LogP contribution >= 0.6 is 0 Å². The molecule has 1 aromatic carbocycles. The Hall–Kier alpha value is -2.76. The lowest BCUT2D eigenvalue weighted by atomic mass is 9.97. The molecule has 0 spiro atoms. The van der Waals surface area contributed by atoms with Crippen molar-refractivity contribution in [1.82, 2.24) is 0 Å². The van der Waals surface area contributed by atoms with Crippen LogP contribution in [-0.4, -0.2) is 16.2 Å². The van der Waals surface area contributed by atoms with E-state index in [1.807, 2.05) is 0 Å². The average molecular weight is 274 g/mol. The maximum atomic E-state index is 11.9. The summed E-state index contributed by atoms with van der Waals surface area (Å²) >= 11 is 0. The van der Waals surface area contributed by atoms with Crippen molar-refractivity contribution in [3.8, 4) is 22.8 Å². The molecule has 0 aliphatic carbocycles. The van der Waals surface area contributed by atoms with Gasteiger partial charge in [0.25, 0.3) is 0 Å². The Morgan fingerprint density at radius 2 is 2.05 bits per heavy atom. The molecule has 1 aliphatic heterocycles. The normalized spacial score (nSPS) is 12.2. The van der Waals surface area contributed by atoms with Crippen molar-refractivity contribution in [3.63, 3.8) is 0 Å². The van der Waals surface area contributed by atoms with Crippen LogP contribution in [-0.2, 0) is 6.61 Å². The van der Waals surface area contributed by atoms with E-state index >= 15 is 0 Å². The molecule has 0 amide bonds. The van der Waals surface area contributed by atoms with Crippen LogP contribution in [0.15, 0.2) is 27.4 Å². The second-order valence-electron chi connectivity index (χ2n) is 4.49. The van der Waals surface area contributed by atoms with Gasteiger partial charge in [-0.2, -0.15) is 0 Å². The van der Waals surface area contributed by atoms with Crippen LogP contribution < -0.4 is 10.2 Å². The fourth-order valence-corrected chi connectivity index (χ4v) is 2.24. The first kappa shape index (κ1) is 12.3. The number of hydrogen-bond acceptors (Lipinski definition) is 5. The first-order valence-corrected chi connectivity index (χ1v) is 5.84. The first-order valence-electron chi connectivity index (χ1n) is 5.84. The number of aromatic carboxylic acids is 1. The number of benzene rings is 1. The van der Waals surface area contributed by atoms with Crippen LogP contribution in [0.1, 0.15) is 21.7 Å². The molecule has 0 bridgehead atoms. The topological polar surface area (TPSA) is 97.0 Å². The number of aryl methyl sites for hydroxylation is 1. The smallest absolute Gasteiger partial charge is 0.336 e. The van der Waals surface area contributed by atoms with E-state index in [0.29, 0.717) is 5.76 Å². The maximum Gasteiger partial charge on any atom is 0.336 e. The number of aromatic hydroxyl groups is 1. The molecule has 0 fully saturated rings. The summed E-state index contributed by atoms with van der Waals surface area (Å²) in [7, 11) is 0. The molecule has 2 aromatic rings. The first-order chi connectivity index (χ1) is 9.47. The molecule has 6 nitrogen and oxygen atoms in total. The van der Waals surface area contributed by atoms with Crippen LogP contribution in [0, 0.1) is 6.92 Å². The lowest BCUT2D eigenvalue weighted by Crippen LogP contribution is -2.18. The van der Waals surface area contributed by atoms with Gasteiger partial charge < -0.3 is 19.4 Å². The molecular formula is C14H10O6. The van der Waals surface area contributed by atoms with Crippen molar-refractivity contribution in [2.75, 3.05) is 0 Å². The summed E-state index contributed by atoms with van der Waals surface area (Å²) in [6.45, 7) is 1.59. The van der Waals surface area contributed by atoms with Gasteiger partial charge in [0.1, 0.15) is 29.6 Å². The third-order valence-electron chi connectivity index (χ3n) is 3.09. The Morgan fingerprint density at radius 1 is 1.30 bits per heavy atom. The molecule has 0 atom stereocenters. The summed E-state index contributed by atoms with van der Waals surface area (Å²) in [5.41, 5.74) is 0.0159. The van der Waals surface area contributed by atoms with Gasteiger partial charge in [-0.25, -0.2) is 4.79 Å². The zero-order valence-electron chi connectivity index (χ0n) is 10.5. The van der Waals surface area contributed by atoms with Gasteiger partial charge in [-0.1, -0.05) is 0 Å². The minimum atomic E-state index is -1.24. The van der Waals surface area contributed by atoms with Crippen LogP contribution in [0.4, 0.5) is 0 Å². The lowest BCUT2D eigenvalue weighted by molar-refractivity contribution is 0.0696. The van der Waals surface area contributed by atoms with Crippen molar-refractivity contribution in [2.24, 2.45) is 0 Å². The van der Waals surface area contributed by atoms with Gasteiger partial charge in [-0.15, -0.1) is 0 Å². The monoisotopic (exact) mass is 274 g/mol. The minimum absolute atomic E-state index is 0.0204. The van der Waals surface area contributed by atoms with Crippen molar-refractivity contribution in [3.05, 3.63) is 45.3 Å². The Labute approximate surface area is 112 Å². The Balaban J connectivity index is 2.41. The molecule has 1 aliphatic rings. The number of fused-ring (bicyclic) bond motifs is 3. The highest BCUT2D eigenvalue weighted by molar-refractivity contribution is 5.98. The number of phenolic OH excluding ortho intramolecular Hbond substituents is 1. The molecule has 0 radical (unpaired) electrons. The molecule has 20 heavy (non-hydrogen) atoms. The second kappa shape index (κ2) is 4.12. The molecule has 0 saturated heterocycles. The van der Waals surface area contributed by atoms with Crippen molar-refractivity contribution >= 4 is 5.97 Å². The molecule has 2 N–H and O–H groups in total. The van der Waals surface area contributed by atoms with Crippen LogP contribution in [0.3, 0.4) is 0 Å². The molecule has 0 saturated carbocycles. The summed E-state index contributed by atoms with van der Waals surface area (Å²) in [5, 5.41) is 18.8. The van der Waals surface area contributed by atoms with E-state index in [0.717, 1.165) is 6.07 Å². The minimum Gasteiger partial charge on any atom is -0.508 e. The number of phenols is 1. The Bertz CT molecular complexity index is 787. The van der Waals surface area contributed by atoms with Crippen molar-refractivity contribution in [2.45, 2.75) is 13.5 Å². The van der Waals surface area contributed by atoms with E-state index in [-0.39, 0.29) is 46.0 Å². The standard InChI is InChI=1S/C14H10O6/c1-6-2-10(16)9-5-19-11-4-7(15)3-8(14(17)18)12(11)13(9)20-6/h2-4,15H,5H2,1H3,(H,17,18). The number of rotatable bonds is 1. The van der Waals surface area contributed by atoms with Crippen LogP contribution in [0.5, 0.6) is 11.5 Å². The van der Waals surface area contributed by atoms with Gasteiger partial charge >= 0.3 is 5.97 Å². The van der Waals surface area contributed by atoms with E-state index in [4.69, 9.17) is 9.15 Å². The van der Waals surface area contributed by atoms with Gasteiger partial charge in [-0.3, -0.25) is 4.79 Å². The number of hydrogen-bond donors (Lipinski definition) is 2. The third-order valence-corrected chi connectivity index (χ3v) is 3.09. The van der Waals surface area contributed by atoms with Crippen LogP contribution in [0.2, 0.25) is 0 Å². The van der Waals surface area contributed by atoms with Crippen molar-refractivity contribution in [1.29, 1.82) is 0 Å². The fourth-order valence-electron chi connectivity index (χ4n) is 2.24. The second-order valence-corrected chi connectivity index (χ2v) is 4.49. The summed E-state index contributed by atoms with van der Waals surface area (Å²) in [5.74, 6) is -0.708. The summed E-state index contributed by atoms with van der Waals surface area (Å²) in [6, 6.07) is 3.73. The zero-order valence-corrected chi connectivity index (χ0v) is 10.5. The van der Waals surface area contributed by atoms with Gasteiger partial charge in [-0.05, 0) is 13.0 Å². The summed E-state index contributed by atoms with van der Waals surface area (Å²) in [6.07, 6.45) is 0. The predicted molar refractivity (Wildman–Crippen MR) is 68.1 cm³/mol.